The van der Waals surface area contributed by atoms with Crippen molar-refractivity contribution in [3.63, 3.8) is 0 Å². The lowest BCUT2D eigenvalue weighted by Gasteiger charge is -2.34. The average molecular weight is 323 g/mol. The molecule has 23 heavy (non-hydrogen) atoms. The van der Waals surface area contributed by atoms with Gasteiger partial charge in [0.2, 0.25) is 0 Å². The molecule has 3 aromatic rings. The molecule has 0 N–H and O–H groups in total. The molecule has 4 heteroatoms. The molecule has 0 spiro atoms. The topological polar surface area (TPSA) is 19.4 Å². The molecule has 1 aliphatic rings. The third-order valence-corrected chi connectivity index (χ3v) is 5.58. The van der Waals surface area contributed by atoms with Crippen LogP contribution in [0.15, 0.2) is 48.5 Å². The van der Waals surface area contributed by atoms with E-state index in [0.717, 1.165) is 32.7 Å². The number of fused-ring (bicyclic) bond motifs is 1. The van der Waals surface area contributed by atoms with Crippen molar-refractivity contribution in [3.05, 3.63) is 59.7 Å². The van der Waals surface area contributed by atoms with Gasteiger partial charge in [-0.3, -0.25) is 4.90 Å². The molecule has 0 radical (unpaired) electrons. The zero-order valence-corrected chi connectivity index (χ0v) is 14.2. The molecule has 4 rings (SSSR count). The van der Waals surface area contributed by atoms with Gasteiger partial charge in [0.05, 0.1) is 10.2 Å². The summed E-state index contributed by atoms with van der Waals surface area (Å²) in [5, 5.41) is 1.17. The SMILES string of the molecule is Cc1cccc2sc(N3CCN(Cc4ccccc4)CC3)nc12. The molecule has 2 heterocycles. The molecule has 1 fully saturated rings. The number of thiazole rings is 1. The maximum atomic E-state index is 4.87. The molecule has 3 nitrogen and oxygen atoms in total. The van der Waals surface area contributed by atoms with E-state index >= 15 is 0 Å². The molecule has 1 aromatic heterocycles. The second-order valence-corrected chi connectivity index (χ2v) is 7.18. The van der Waals surface area contributed by atoms with Gasteiger partial charge < -0.3 is 4.90 Å². The van der Waals surface area contributed by atoms with Gasteiger partial charge in [-0.05, 0) is 24.1 Å². The Morgan fingerprint density at radius 3 is 2.48 bits per heavy atom. The van der Waals surface area contributed by atoms with Crippen LogP contribution in [-0.4, -0.2) is 36.1 Å². The van der Waals surface area contributed by atoms with E-state index in [2.05, 4.69) is 65.3 Å². The maximum Gasteiger partial charge on any atom is 0.186 e. The standard InChI is InChI=1S/C19H21N3S/c1-15-6-5-9-17-18(15)20-19(23-17)22-12-10-21(11-13-22)14-16-7-3-2-4-8-16/h2-9H,10-14H2,1H3. The first-order valence-electron chi connectivity index (χ1n) is 8.17. The number of benzene rings is 2. The molecule has 0 atom stereocenters. The number of hydrogen-bond donors (Lipinski definition) is 0. The summed E-state index contributed by atoms with van der Waals surface area (Å²) in [6.07, 6.45) is 0. The van der Waals surface area contributed by atoms with Crippen LogP contribution < -0.4 is 4.90 Å². The van der Waals surface area contributed by atoms with E-state index in [4.69, 9.17) is 4.98 Å². The molecule has 118 valence electrons. The Bertz CT molecular complexity index is 789. The summed E-state index contributed by atoms with van der Waals surface area (Å²) in [5.74, 6) is 0. The van der Waals surface area contributed by atoms with E-state index in [1.54, 1.807) is 0 Å². The van der Waals surface area contributed by atoms with Crippen LogP contribution in [0.25, 0.3) is 10.2 Å². The number of rotatable bonds is 3. The van der Waals surface area contributed by atoms with Gasteiger partial charge in [-0.25, -0.2) is 4.98 Å². The number of anilines is 1. The summed E-state index contributed by atoms with van der Waals surface area (Å²) < 4.78 is 1.30. The summed E-state index contributed by atoms with van der Waals surface area (Å²) in [4.78, 5) is 9.84. The molecule has 1 aliphatic heterocycles. The van der Waals surface area contributed by atoms with E-state index in [0.29, 0.717) is 0 Å². The monoisotopic (exact) mass is 323 g/mol. The molecule has 0 bridgehead atoms. The zero-order valence-electron chi connectivity index (χ0n) is 13.4. The van der Waals surface area contributed by atoms with Gasteiger partial charge in [0, 0.05) is 32.7 Å². The lowest BCUT2D eigenvalue weighted by atomic mass is 10.2. The lowest BCUT2D eigenvalue weighted by Crippen LogP contribution is -2.45. The Balaban J connectivity index is 1.43. The van der Waals surface area contributed by atoms with Gasteiger partial charge in [0.1, 0.15) is 0 Å². The van der Waals surface area contributed by atoms with Crippen LogP contribution >= 0.6 is 11.3 Å². The van der Waals surface area contributed by atoms with E-state index < -0.39 is 0 Å². The molecule has 2 aromatic carbocycles. The van der Waals surface area contributed by atoms with E-state index in [1.165, 1.54) is 26.5 Å². The first-order valence-corrected chi connectivity index (χ1v) is 8.98. The minimum Gasteiger partial charge on any atom is -0.345 e. The highest BCUT2D eigenvalue weighted by atomic mass is 32.1. The summed E-state index contributed by atoms with van der Waals surface area (Å²) in [5.41, 5.74) is 3.84. The van der Waals surface area contributed by atoms with Gasteiger partial charge in [0.25, 0.3) is 0 Å². The van der Waals surface area contributed by atoms with Crippen LogP contribution in [0.1, 0.15) is 11.1 Å². The summed E-state index contributed by atoms with van der Waals surface area (Å²) in [6, 6.07) is 17.2. The fourth-order valence-electron chi connectivity index (χ4n) is 3.15. The van der Waals surface area contributed by atoms with Gasteiger partial charge in [-0.1, -0.05) is 53.8 Å². The number of nitrogens with zero attached hydrogens (tertiary/aromatic N) is 3. The number of hydrogen-bond acceptors (Lipinski definition) is 4. The number of aryl methyl sites for hydroxylation is 1. The van der Waals surface area contributed by atoms with Gasteiger partial charge >= 0.3 is 0 Å². The Kier molecular flexibility index (Phi) is 4.02. The van der Waals surface area contributed by atoms with Crippen molar-refractivity contribution in [1.29, 1.82) is 0 Å². The predicted molar refractivity (Wildman–Crippen MR) is 98.3 cm³/mol. The summed E-state index contributed by atoms with van der Waals surface area (Å²) in [6.45, 7) is 7.52. The predicted octanol–water partition coefficient (Wildman–Crippen LogP) is 3.93. The number of piperazine rings is 1. The fraction of sp³-hybridized carbons (Fsp3) is 0.316. The fourth-order valence-corrected chi connectivity index (χ4v) is 4.24. The second kappa shape index (κ2) is 6.30. The van der Waals surface area contributed by atoms with Crippen LogP contribution in [0.5, 0.6) is 0 Å². The Morgan fingerprint density at radius 2 is 1.74 bits per heavy atom. The Hall–Kier alpha value is -1.91. The largest absolute Gasteiger partial charge is 0.345 e. The molecular formula is C19H21N3S. The van der Waals surface area contributed by atoms with Gasteiger partial charge in [0.15, 0.2) is 5.13 Å². The van der Waals surface area contributed by atoms with Crippen molar-refractivity contribution in [2.75, 3.05) is 31.1 Å². The van der Waals surface area contributed by atoms with Crippen molar-refractivity contribution in [2.45, 2.75) is 13.5 Å². The van der Waals surface area contributed by atoms with Crippen molar-refractivity contribution < 1.29 is 0 Å². The van der Waals surface area contributed by atoms with Crippen molar-refractivity contribution in [3.8, 4) is 0 Å². The Morgan fingerprint density at radius 1 is 0.957 bits per heavy atom. The average Bonchev–Trinajstić information content (AvgIpc) is 3.02. The molecule has 0 unspecified atom stereocenters. The first-order chi connectivity index (χ1) is 11.3. The molecule has 1 saturated heterocycles. The van der Waals surface area contributed by atoms with Crippen LogP contribution in [0.3, 0.4) is 0 Å². The minimum absolute atomic E-state index is 1.05. The highest BCUT2D eigenvalue weighted by Gasteiger charge is 2.20. The third-order valence-electron chi connectivity index (χ3n) is 4.50. The number of para-hydroxylation sites is 1. The smallest absolute Gasteiger partial charge is 0.186 e. The van der Waals surface area contributed by atoms with Crippen LogP contribution in [-0.2, 0) is 6.54 Å². The minimum atomic E-state index is 1.05. The van der Waals surface area contributed by atoms with E-state index in [9.17, 15) is 0 Å². The first kappa shape index (κ1) is 14.7. The second-order valence-electron chi connectivity index (χ2n) is 6.17. The highest BCUT2D eigenvalue weighted by molar-refractivity contribution is 7.22. The molecule has 0 saturated carbocycles. The summed E-state index contributed by atoms with van der Waals surface area (Å²) >= 11 is 1.82. The Labute approximate surface area is 141 Å². The van der Waals surface area contributed by atoms with Crippen molar-refractivity contribution in [1.82, 2.24) is 9.88 Å². The quantitative estimate of drug-likeness (QED) is 0.728. The third kappa shape index (κ3) is 3.09. The maximum absolute atomic E-state index is 4.87. The number of aromatic nitrogens is 1. The van der Waals surface area contributed by atoms with Crippen LogP contribution in [0, 0.1) is 6.92 Å². The van der Waals surface area contributed by atoms with E-state index in [-0.39, 0.29) is 0 Å². The molecule has 0 aliphatic carbocycles. The zero-order chi connectivity index (χ0) is 15.6. The van der Waals surface area contributed by atoms with Crippen LogP contribution in [0.2, 0.25) is 0 Å². The summed E-state index contributed by atoms with van der Waals surface area (Å²) in [7, 11) is 0. The van der Waals surface area contributed by atoms with E-state index in [1.807, 2.05) is 11.3 Å². The van der Waals surface area contributed by atoms with Crippen molar-refractivity contribution in [2.24, 2.45) is 0 Å². The highest BCUT2D eigenvalue weighted by Crippen LogP contribution is 2.31. The normalized spacial score (nSPS) is 16.1. The van der Waals surface area contributed by atoms with Crippen molar-refractivity contribution >= 4 is 26.7 Å². The molecular weight excluding hydrogens is 302 g/mol. The lowest BCUT2D eigenvalue weighted by molar-refractivity contribution is 0.250. The van der Waals surface area contributed by atoms with Gasteiger partial charge in [-0.15, -0.1) is 0 Å². The van der Waals surface area contributed by atoms with Gasteiger partial charge in [-0.2, -0.15) is 0 Å². The van der Waals surface area contributed by atoms with Crippen LogP contribution in [0.4, 0.5) is 5.13 Å². The molecule has 0 amide bonds.